The quantitative estimate of drug-likeness (QED) is 0.103. The van der Waals surface area contributed by atoms with E-state index in [0.29, 0.717) is 77.0 Å². The number of aliphatic carboxylic acids is 6. The number of carboxylic acids is 6. The molecule has 3 rings (SSSR count). The Labute approximate surface area is 312 Å². The van der Waals surface area contributed by atoms with E-state index >= 15 is 0 Å². The third-order valence-electron chi connectivity index (χ3n) is 10.4. The molecule has 0 spiro atoms. The Kier molecular flexibility index (Phi) is 17.5. The van der Waals surface area contributed by atoms with Gasteiger partial charge in [0.05, 0.1) is 48.9 Å². The average Bonchev–Trinajstić information content (AvgIpc) is 3.07. The molecule has 0 heterocycles. The van der Waals surface area contributed by atoms with E-state index in [4.69, 9.17) is 0 Å². The first-order valence-corrected chi connectivity index (χ1v) is 18.3. The van der Waals surface area contributed by atoms with Gasteiger partial charge in [-0.15, -0.1) is 0 Å². The Hall–Kier alpha value is -4.40. The summed E-state index contributed by atoms with van der Waals surface area (Å²) in [7, 11) is 0. The number of nitrogens with zero attached hydrogens (tertiary/aromatic N) is 4. The predicted octanol–water partition coefficient (Wildman–Crippen LogP) is -9.14. The van der Waals surface area contributed by atoms with Crippen LogP contribution in [0.25, 0.3) is 0 Å². The lowest BCUT2D eigenvalue weighted by molar-refractivity contribution is -0.314. The summed E-state index contributed by atoms with van der Waals surface area (Å²) in [6.07, 6.45) is 5.77. The van der Waals surface area contributed by atoms with Gasteiger partial charge in [0, 0.05) is 75.5 Å². The molecule has 0 aromatic carbocycles. The molecule has 0 aromatic heterocycles. The fraction of sp³-hybridized carbons (Fsp3) is 0.765. The molecule has 2 N–H and O–H groups in total. The lowest BCUT2D eigenvalue weighted by Gasteiger charge is -2.45. The van der Waals surface area contributed by atoms with Crippen molar-refractivity contribution in [2.45, 2.75) is 113 Å². The molecule has 0 aromatic rings. The van der Waals surface area contributed by atoms with Crippen molar-refractivity contribution in [2.75, 3.05) is 52.4 Å². The lowest BCUT2D eigenvalue weighted by Crippen LogP contribution is -2.60. The number of nitrogens with one attached hydrogen (secondary N) is 2. The Morgan fingerprint density at radius 2 is 0.556 bits per heavy atom. The maximum absolute atomic E-state index is 13.2. The molecule has 3 saturated carbocycles. The average molecular weight is 765 g/mol. The molecule has 0 radical (unpaired) electrons. The van der Waals surface area contributed by atoms with Crippen LogP contribution >= 0.6 is 0 Å². The van der Waals surface area contributed by atoms with Crippen LogP contribution in [0.5, 0.6) is 0 Å². The zero-order valence-electron chi connectivity index (χ0n) is 30.1. The van der Waals surface area contributed by atoms with Crippen LogP contribution in [0.4, 0.5) is 0 Å². The van der Waals surface area contributed by atoms with Crippen LogP contribution in [-0.4, -0.2) is 156 Å². The lowest BCUT2D eigenvalue weighted by atomic mass is 9.87. The number of carbonyl (C=O) groups is 8. The first-order valence-electron chi connectivity index (χ1n) is 18.3. The number of carboxylic acid groups (broad SMARTS) is 6. The van der Waals surface area contributed by atoms with Gasteiger partial charge in [0.25, 0.3) is 0 Å². The van der Waals surface area contributed by atoms with Gasteiger partial charge in [-0.25, -0.2) is 0 Å². The summed E-state index contributed by atoms with van der Waals surface area (Å²) in [6, 6.07) is -3.40. The monoisotopic (exact) mass is 764 g/mol. The van der Waals surface area contributed by atoms with Crippen LogP contribution in [0.1, 0.15) is 77.0 Å². The summed E-state index contributed by atoms with van der Waals surface area (Å²) in [5.74, 6) is -10.0. The van der Waals surface area contributed by atoms with E-state index in [-0.39, 0.29) is 25.2 Å². The highest BCUT2D eigenvalue weighted by Gasteiger charge is 2.37. The largest absolute Gasteiger partial charge is 0.549 e. The van der Waals surface area contributed by atoms with Gasteiger partial charge in [-0.05, 0) is 51.4 Å². The summed E-state index contributed by atoms with van der Waals surface area (Å²) >= 11 is 0. The summed E-state index contributed by atoms with van der Waals surface area (Å²) in [4.78, 5) is 100. The molecule has 3 aliphatic rings. The zero-order valence-corrected chi connectivity index (χ0v) is 30.1. The predicted molar refractivity (Wildman–Crippen MR) is 171 cm³/mol. The molecule has 20 heteroatoms. The second-order valence-corrected chi connectivity index (χ2v) is 14.4. The van der Waals surface area contributed by atoms with Crippen LogP contribution in [0.15, 0.2) is 0 Å². The molecule has 0 aliphatic heterocycles. The van der Waals surface area contributed by atoms with Crippen LogP contribution in [0, 0.1) is 0 Å². The van der Waals surface area contributed by atoms with Crippen LogP contribution in [0.2, 0.25) is 0 Å². The van der Waals surface area contributed by atoms with E-state index in [2.05, 4.69) is 10.6 Å². The summed E-state index contributed by atoms with van der Waals surface area (Å²) in [5.41, 5.74) is 0. The Bertz CT molecular complexity index is 1230. The maximum atomic E-state index is 13.2. The molecule has 54 heavy (non-hydrogen) atoms. The molecule has 0 bridgehead atoms. The normalized spacial score (nSPS) is 24.6. The standard InChI is InChI=1S/C34H54N6O14/c41-27(13-37(15-29(43)44)23-5-1-3-7-25(23)39(17-31(47)48)18-32(49)50)35-21-9-11-22(12-10-21)36-28(42)14-38(16-30(45)46)24-6-2-4-8-26(24)40(19-33(51)52)20-34(53)54/h21-26H,1-20H2,(H,35,41)(H,36,42)(H,43,44)(H,45,46)(H,47,48)(H,49,50)(H,51,52)(H,53,54)/p-6/t21?,22?,23-,24-,25-,26-/m1/s1. The van der Waals surface area contributed by atoms with Crippen LogP contribution in [-0.2, 0) is 38.4 Å². The molecule has 20 nitrogen and oxygen atoms in total. The van der Waals surface area contributed by atoms with E-state index < -0.39 is 111 Å². The smallest absolute Gasteiger partial charge is 0.234 e. The molecule has 304 valence electrons. The van der Waals surface area contributed by atoms with Gasteiger partial charge in [0.1, 0.15) is 0 Å². The highest BCUT2D eigenvalue weighted by Crippen LogP contribution is 2.29. The maximum Gasteiger partial charge on any atom is 0.234 e. The minimum Gasteiger partial charge on any atom is -0.549 e. The van der Waals surface area contributed by atoms with Crippen molar-refractivity contribution in [3.05, 3.63) is 0 Å². The van der Waals surface area contributed by atoms with Crippen LogP contribution < -0.4 is 41.3 Å². The third kappa shape index (κ3) is 14.8. The minimum absolute atomic E-state index is 0.332. The van der Waals surface area contributed by atoms with Crippen molar-refractivity contribution in [2.24, 2.45) is 0 Å². The van der Waals surface area contributed by atoms with E-state index in [1.54, 1.807) is 0 Å². The molecule has 4 atom stereocenters. The highest BCUT2D eigenvalue weighted by atomic mass is 16.4. The molecular formula is C34H48N6O14-6. The summed E-state index contributed by atoms with van der Waals surface area (Å²) in [6.45, 7) is -4.94. The molecule has 3 fully saturated rings. The second kappa shape index (κ2) is 21.5. The Balaban J connectivity index is 1.59. The summed E-state index contributed by atoms with van der Waals surface area (Å²) < 4.78 is 0. The fourth-order valence-electron chi connectivity index (χ4n) is 8.34. The molecule has 0 saturated heterocycles. The fourth-order valence-corrected chi connectivity index (χ4v) is 8.34. The van der Waals surface area contributed by atoms with Gasteiger partial charge in [0.15, 0.2) is 0 Å². The van der Waals surface area contributed by atoms with Gasteiger partial charge in [0.2, 0.25) is 11.8 Å². The molecular weight excluding hydrogens is 716 g/mol. The van der Waals surface area contributed by atoms with Crippen molar-refractivity contribution in [1.82, 2.24) is 30.2 Å². The number of hydrogen-bond acceptors (Lipinski definition) is 18. The van der Waals surface area contributed by atoms with Crippen LogP contribution in [0.3, 0.4) is 0 Å². The number of rotatable bonds is 22. The first kappa shape index (κ1) is 44.0. The third-order valence-corrected chi connectivity index (χ3v) is 10.4. The van der Waals surface area contributed by atoms with Crippen molar-refractivity contribution < 1.29 is 69.0 Å². The second-order valence-electron chi connectivity index (χ2n) is 14.4. The van der Waals surface area contributed by atoms with Gasteiger partial charge in [-0.2, -0.15) is 0 Å². The van der Waals surface area contributed by atoms with Gasteiger partial charge in [-0.1, -0.05) is 25.7 Å². The van der Waals surface area contributed by atoms with E-state index in [1.807, 2.05) is 0 Å². The van der Waals surface area contributed by atoms with E-state index in [1.165, 1.54) is 9.80 Å². The Morgan fingerprint density at radius 1 is 0.352 bits per heavy atom. The minimum atomic E-state index is -1.52. The number of amides is 2. The van der Waals surface area contributed by atoms with Crippen molar-refractivity contribution in [1.29, 1.82) is 0 Å². The number of hydrogen-bond donors (Lipinski definition) is 2. The summed E-state index contributed by atoms with van der Waals surface area (Å²) in [5, 5.41) is 74.6. The zero-order chi connectivity index (χ0) is 39.9. The number of carbonyl (C=O) groups excluding carboxylic acids is 8. The van der Waals surface area contributed by atoms with Gasteiger partial charge < -0.3 is 70.0 Å². The van der Waals surface area contributed by atoms with E-state index in [0.717, 1.165) is 9.80 Å². The van der Waals surface area contributed by atoms with Gasteiger partial charge >= 0.3 is 0 Å². The topological polar surface area (TPSA) is 312 Å². The SMILES string of the molecule is O=C([O-])CN(CC(=O)[O-])[C@@H]1CCCC[C@H]1N(CC(=O)[O-])CC(=O)NC1CCC(NC(=O)CN(CC(=O)[O-])[C@@H]2CCCC[C@H]2N(CC(=O)[O-])CC(=O)[O-])CC1. The van der Waals surface area contributed by atoms with Crippen molar-refractivity contribution in [3.63, 3.8) is 0 Å². The van der Waals surface area contributed by atoms with Crippen molar-refractivity contribution >= 4 is 47.6 Å². The van der Waals surface area contributed by atoms with E-state index in [9.17, 15) is 69.0 Å². The van der Waals surface area contributed by atoms with Crippen molar-refractivity contribution in [3.8, 4) is 0 Å². The molecule has 3 aliphatic carbocycles. The first-order chi connectivity index (χ1) is 25.5. The highest BCUT2D eigenvalue weighted by molar-refractivity contribution is 5.80. The molecule has 0 unspecified atom stereocenters. The van der Waals surface area contributed by atoms with Gasteiger partial charge in [-0.3, -0.25) is 29.2 Å². The Morgan fingerprint density at radius 3 is 0.759 bits per heavy atom. The molecule has 2 amide bonds.